The van der Waals surface area contributed by atoms with E-state index in [0.29, 0.717) is 6.04 Å². The lowest BCUT2D eigenvalue weighted by Gasteiger charge is -2.31. The number of ether oxygens (including phenoxy) is 1. The molecule has 0 aliphatic rings. The Labute approximate surface area is 109 Å². The Morgan fingerprint density at radius 3 is 2.12 bits per heavy atom. The predicted octanol–water partition coefficient (Wildman–Crippen LogP) is 4.00. The van der Waals surface area contributed by atoms with Gasteiger partial charge in [-0.3, -0.25) is 0 Å². The van der Waals surface area contributed by atoms with E-state index >= 15 is 0 Å². The maximum absolute atomic E-state index is 5.46. The molecule has 0 radical (unpaired) electrons. The SMILES string of the molecule is COC(C)(C)C(C)NCCCCCCC(C)C. The minimum atomic E-state index is -0.0718. The molecule has 0 saturated carbocycles. The van der Waals surface area contributed by atoms with E-state index in [2.05, 4.69) is 39.9 Å². The number of unbranched alkanes of at least 4 members (excludes halogenated alkanes) is 3. The van der Waals surface area contributed by atoms with Crippen LogP contribution in [-0.2, 0) is 4.74 Å². The number of hydrogen-bond acceptors (Lipinski definition) is 2. The first kappa shape index (κ1) is 16.9. The maximum Gasteiger partial charge on any atom is 0.0772 e. The molecule has 2 nitrogen and oxygen atoms in total. The van der Waals surface area contributed by atoms with Gasteiger partial charge in [0.15, 0.2) is 0 Å². The second-order valence-corrected chi connectivity index (χ2v) is 6.08. The van der Waals surface area contributed by atoms with Crippen LogP contribution in [-0.4, -0.2) is 25.3 Å². The summed E-state index contributed by atoms with van der Waals surface area (Å²) in [7, 11) is 1.78. The normalized spacial score (nSPS) is 14.3. The smallest absolute Gasteiger partial charge is 0.0772 e. The molecule has 1 unspecified atom stereocenters. The van der Waals surface area contributed by atoms with Gasteiger partial charge in [-0.2, -0.15) is 0 Å². The molecule has 0 saturated heterocycles. The van der Waals surface area contributed by atoms with Gasteiger partial charge in [-0.15, -0.1) is 0 Å². The molecule has 104 valence electrons. The molecule has 0 fully saturated rings. The first-order valence-corrected chi connectivity index (χ1v) is 7.18. The standard InChI is InChI=1S/C15H33NO/c1-13(2)11-9-7-8-10-12-16-14(3)15(4,5)17-6/h13-14,16H,7-12H2,1-6H3. The van der Waals surface area contributed by atoms with Gasteiger partial charge in [0.05, 0.1) is 5.60 Å². The lowest BCUT2D eigenvalue weighted by Crippen LogP contribution is -2.46. The van der Waals surface area contributed by atoms with Crippen molar-refractivity contribution in [1.82, 2.24) is 5.32 Å². The van der Waals surface area contributed by atoms with Gasteiger partial charge in [0.1, 0.15) is 0 Å². The molecule has 0 aromatic heterocycles. The highest BCUT2D eigenvalue weighted by Gasteiger charge is 2.24. The number of hydrogen-bond donors (Lipinski definition) is 1. The average Bonchev–Trinajstić information content (AvgIpc) is 2.27. The maximum atomic E-state index is 5.46. The van der Waals surface area contributed by atoms with Crippen molar-refractivity contribution in [3.63, 3.8) is 0 Å². The van der Waals surface area contributed by atoms with Gasteiger partial charge in [0, 0.05) is 13.2 Å². The van der Waals surface area contributed by atoms with Crippen molar-refractivity contribution in [3.05, 3.63) is 0 Å². The molecule has 1 N–H and O–H groups in total. The Morgan fingerprint density at radius 1 is 1.00 bits per heavy atom. The van der Waals surface area contributed by atoms with Gasteiger partial charge in [0.2, 0.25) is 0 Å². The van der Waals surface area contributed by atoms with Crippen LogP contribution in [0.15, 0.2) is 0 Å². The Kier molecular flexibility index (Phi) is 8.89. The zero-order chi connectivity index (χ0) is 13.3. The van der Waals surface area contributed by atoms with Gasteiger partial charge in [-0.25, -0.2) is 0 Å². The van der Waals surface area contributed by atoms with E-state index in [1.54, 1.807) is 7.11 Å². The van der Waals surface area contributed by atoms with Crippen molar-refractivity contribution < 1.29 is 4.74 Å². The van der Waals surface area contributed by atoms with Crippen molar-refractivity contribution in [1.29, 1.82) is 0 Å². The van der Waals surface area contributed by atoms with Crippen molar-refractivity contribution >= 4 is 0 Å². The third kappa shape index (κ3) is 8.62. The molecule has 0 aliphatic heterocycles. The van der Waals surface area contributed by atoms with Crippen LogP contribution in [0.25, 0.3) is 0 Å². The molecule has 0 spiro atoms. The summed E-state index contributed by atoms with van der Waals surface area (Å²) in [5, 5.41) is 3.55. The molecular weight excluding hydrogens is 210 g/mol. The predicted molar refractivity (Wildman–Crippen MR) is 76.5 cm³/mol. The van der Waals surface area contributed by atoms with Crippen LogP contribution in [0.1, 0.15) is 66.7 Å². The number of rotatable bonds is 10. The number of methoxy groups -OCH3 is 1. The summed E-state index contributed by atoms with van der Waals surface area (Å²) >= 11 is 0. The zero-order valence-corrected chi connectivity index (χ0v) is 12.8. The fourth-order valence-corrected chi connectivity index (χ4v) is 1.77. The summed E-state index contributed by atoms with van der Waals surface area (Å²) < 4.78 is 5.46. The molecule has 0 amide bonds. The minimum Gasteiger partial charge on any atom is -0.377 e. The van der Waals surface area contributed by atoms with E-state index in [4.69, 9.17) is 4.74 Å². The highest BCUT2D eigenvalue weighted by molar-refractivity contribution is 4.81. The Morgan fingerprint density at radius 2 is 1.59 bits per heavy atom. The Bertz CT molecular complexity index is 178. The Balaban J connectivity index is 3.40. The summed E-state index contributed by atoms with van der Waals surface area (Å²) in [5.74, 6) is 0.857. The molecule has 0 rings (SSSR count). The third-order valence-corrected chi connectivity index (χ3v) is 3.73. The van der Waals surface area contributed by atoms with Crippen molar-refractivity contribution in [3.8, 4) is 0 Å². The highest BCUT2D eigenvalue weighted by atomic mass is 16.5. The van der Waals surface area contributed by atoms with E-state index in [9.17, 15) is 0 Å². The molecule has 0 heterocycles. The van der Waals surface area contributed by atoms with Crippen molar-refractivity contribution in [2.24, 2.45) is 5.92 Å². The molecule has 0 aromatic carbocycles. The monoisotopic (exact) mass is 243 g/mol. The molecule has 2 heteroatoms. The van der Waals surface area contributed by atoms with Crippen molar-refractivity contribution in [2.45, 2.75) is 78.4 Å². The lowest BCUT2D eigenvalue weighted by molar-refractivity contribution is -0.00494. The molecule has 0 aliphatic carbocycles. The van der Waals surface area contributed by atoms with Crippen LogP contribution in [0.4, 0.5) is 0 Å². The molecular formula is C15H33NO. The van der Waals surface area contributed by atoms with Crippen LogP contribution in [0.5, 0.6) is 0 Å². The first-order valence-electron chi connectivity index (χ1n) is 7.18. The van der Waals surface area contributed by atoms with Gasteiger partial charge in [-0.1, -0.05) is 39.5 Å². The van der Waals surface area contributed by atoms with E-state index in [1.807, 2.05) is 0 Å². The van der Waals surface area contributed by atoms with Crippen molar-refractivity contribution in [2.75, 3.05) is 13.7 Å². The quantitative estimate of drug-likeness (QED) is 0.586. The topological polar surface area (TPSA) is 21.3 Å². The average molecular weight is 243 g/mol. The van der Waals surface area contributed by atoms with Crippen LogP contribution in [0, 0.1) is 5.92 Å². The molecule has 1 atom stereocenters. The van der Waals surface area contributed by atoms with Crippen LogP contribution < -0.4 is 5.32 Å². The van der Waals surface area contributed by atoms with Crippen LogP contribution in [0.2, 0.25) is 0 Å². The molecule has 0 bridgehead atoms. The lowest BCUT2D eigenvalue weighted by atomic mass is 10.00. The van der Waals surface area contributed by atoms with E-state index in [1.165, 1.54) is 32.1 Å². The fraction of sp³-hybridized carbons (Fsp3) is 1.00. The second-order valence-electron chi connectivity index (χ2n) is 6.08. The zero-order valence-electron chi connectivity index (χ0n) is 12.8. The van der Waals surface area contributed by atoms with Gasteiger partial charge < -0.3 is 10.1 Å². The summed E-state index contributed by atoms with van der Waals surface area (Å²) in [5.41, 5.74) is -0.0718. The third-order valence-electron chi connectivity index (χ3n) is 3.73. The summed E-state index contributed by atoms with van der Waals surface area (Å²) in [6, 6.07) is 0.406. The van der Waals surface area contributed by atoms with E-state index in [-0.39, 0.29) is 5.60 Å². The highest BCUT2D eigenvalue weighted by Crippen LogP contribution is 2.13. The van der Waals surface area contributed by atoms with Gasteiger partial charge in [-0.05, 0) is 39.7 Å². The largest absolute Gasteiger partial charge is 0.377 e. The van der Waals surface area contributed by atoms with Gasteiger partial charge >= 0.3 is 0 Å². The van der Waals surface area contributed by atoms with E-state index < -0.39 is 0 Å². The summed E-state index contributed by atoms with van der Waals surface area (Å²) in [6.07, 6.45) is 6.77. The molecule has 17 heavy (non-hydrogen) atoms. The first-order chi connectivity index (χ1) is 7.90. The van der Waals surface area contributed by atoms with Crippen LogP contribution >= 0.6 is 0 Å². The summed E-state index contributed by atoms with van der Waals surface area (Å²) in [6.45, 7) is 12.2. The number of nitrogens with one attached hydrogen (secondary N) is 1. The van der Waals surface area contributed by atoms with Gasteiger partial charge in [0.25, 0.3) is 0 Å². The second kappa shape index (κ2) is 8.93. The van der Waals surface area contributed by atoms with Crippen LogP contribution in [0.3, 0.4) is 0 Å². The fourth-order valence-electron chi connectivity index (χ4n) is 1.77. The van der Waals surface area contributed by atoms with E-state index in [0.717, 1.165) is 12.5 Å². The molecule has 0 aromatic rings. The minimum absolute atomic E-state index is 0.0718. The summed E-state index contributed by atoms with van der Waals surface area (Å²) in [4.78, 5) is 0. The Hall–Kier alpha value is -0.0800.